The molecule has 1 aromatic heterocycles. The van der Waals surface area contributed by atoms with E-state index in [1.807, 2.05) is 13.8 Å². The molecule has 106 valence electrons. The van der Waals surface area contributed by atoms with Crippen LogP contribution in [0.5, 0.6) is 0 Å². The maximum Gasteiger partial charge on any atom is 0.323 e. The van der Waals surface area contributed by atoms with E-state index in [2.05, 4.69) is 15.9 Å². The van der Waals surface area contributed by atoms with E-state index in [1.54, 1.807) is 4.90 Å². The summed E-state index contributed by atoms with van der Waals surface area (Å²) in [4.78, 5) is 24.4. The number of aromatic nitrogens is 1. The second-order valence-electron chi connectivity index (χ2n) is 4.53. The molecule has 19 heavy (non-hydrogen) atoms. The van der Waals surface area contributed by atoms with Gasteiger partial charge in [-0.05, 0) is 31.3 Å². The van der Waals surface area contributed by atoms with Crippen LogP contribution in [-0.2, 0) is 7.05 Å². The van der Waals surface area contributed by atoms with Crippen molar-refractivity contribution in [1.82, 2.24) is 9.47 Å². The number of halogens is 1. The highest BCUT2D eigenvalue weighted by molar-refractivity contribution is 9.09. The third kappa shape index (κ3) is 3.56. The highest BCUT2D eigenvalue weighted by atomic mass is 79.9. The Hall–Kier alpha value is -1.37. The minimum atomic E-state index is -0.491. The Morgan fingerprint density at radius 2 is 2.16 bits per heavy atom. The molecule has 1 amide bonds. The van der Waals surface area contributed by atoms with Crippen LogP contribution in [0.3, 0.4) is 0 Å². The number of carbonyl (C=O) groups is 1. The zero-order valence-electron chi connectivity index (χ0n) is 11.3. The number of amides is 1. The quantitative estimate of drug-likeness (QED) is 0.457. The Balaban J connectivity index is 3.00. The molecule has 0 bridgehead atoms. The summed E-state index contributed by atoms with van der Waals surface area (Å²) in [6.45, 7) is 4.49. The molecule has 0 N–H and O–H groups in total. The van der Waals surface area contributed by atoms with E-state index in [-0.39, 0.29) is 17.8 Å². The van der Waals surface area contributed by atoms with Crippen molar-refractivity contribution in [2.75, 3.05) is 11.9 Å². The normalized spacial score (nSPS) is 10.8. The molecule has 0 aliphatic rings. The lowest BCUT2D eigenvalue weighted by atomic mass is 10.2. The van der Waals surface area contributed by atoms with Crippen molar-refractivity contribution < 1.29 is 9.72 Å². The van der Waals surface area contributed by atoms with Crippen LogP contribution in [-0.4, -0.2) is 38.2 Å². The van der Waals surface area contributed by atoms with Gasteiger partial charge >= 0.3 is 5.82 Å². The molecule has 0 saturated carbocycles. The van der Waals surface area contributed by atoms with Crippen molar-refractivity contribution in [3.8, 4) is 0 Å². The molecule has 0 radical (unpaired) electrons. The summed E-state index contributed by atoms with van der Waals surface area (Å²) in [5.74, 6) is -0.251. The second-order valence-corrected chi connectivity index (χ2v) is 5.32. The highest BCUT2D eigenvalue weighted by Gasteiger charge is 2.26. The van der Waals surface area contributed by atoms with Crippen LogP contribution < -0.4 is 0 Å². The number of hydrogen-bond acceptors (Lipinski definition) is 3. The van der Waals surface area contributed by atoms with Crippen molar-refractivity contribution >= 4 is 27.7 Å². The van der Waals surface area contributed by atoms with Crippen LogP contribution in [0.25, 0.3) is 0 Å². The monoisotopic (exact) mass is 331 g/mol. The maximum absolute atomic E-state index is 12.4. The predicted octanol–water partition coefficient (Wildman–Crippen LogP) is 2.57. The average molecular weight is 332 g/mol. The van der Waals surface area contributed by atoms with Gasteiger partial charge in [-0.15, -0.1) is 0 Å². The first-order valence-corrected chi connectivity index (χ1v) is 7.19. The van der Waals surface area contributed by atoms with Gasteiger partial charge in [0, 0.05) is 24.0 Å². The highest BCUT2D eigenvalue weighted by Crippen LogP contribution is 2.18. The van der Waals surface area contributed by atoms with E-state index in [0.29, 0.717) is 12.2 Å². The molecule has 0 unspecified atom stereocenters. The summed E-state index contributed by atoms with van der Waals surface area (Å²) in [7, 11) is 1.54. The summed E-state index contributed by atoms with van der Waals surface area (Å²) in [6.07, 6.45) is 0.844. The Morgan fingerprint density at radius 3 is 2.58 bits per heavy atom. The second kappa shape index (κ2) is 6.70. The molecule has 1 heterocycles. The first-order valence-electron chi connectivity index (χ1n) is 6.07. The predicted molar refractivity (Wildman–Crippen MR) is 76.7 cm³/mol. The van der Waals surface area contributed by atoms with Gasteiger partial charge in [-0.25, -0.2) is 4.57 Å². The first kappa shape index (κ1) is 15.7. The fraction of sp³-hybridized carbons (Fsp3) is 0.583. The van der Waals surface area contributed by atoms with E-state index in [9.17, 15) is 14.9 Å². The molecule has 7 heteroatoms. The van der Waals surface area contributed by atoms with Crippen LogP contribution in [0.15, 0.2) is 12.1 Å². The van der Waals surface area contributed by atoms with Gasteiger partial charge in [-0.3, -0.25) is 4.79 Å². The summed E-state index contributed by atoms with van der Waals surface area (Å²) < 4.78 is 1.33. The van der Waals surface area contributed by atoms with Crippen molar-refractivity contribution in [2.24, 2.45) is 7.05 Å². The smallest absolute Gasteiger partial charge is 0.323 e. The molecule has 6 nitrogen and oxygen atoms in total. The van der Waals surface area contributed by atoms with Gasteiger partial charge in [0.1, 0.15) is 0 Å². The molecule has 0 aliphatic heterocycles. The van der Waals surface area contributed by atoms with E-state index in [0.717, 1.165) is 11.8 Å². The molecule has 1 rings (SSSR count). The molecule has 0 atom stereocenters. The summed E-state index contributed by atoms with van der Waals surface area (Å²) in [5.41, 5.74) is 0.343. The SMILES string of the molecule is CC(C)N(CCCBr)C(=O)c1ccc([N+](=O)[O-])n1C. The van der Waals surface area contributed by atoms with E-state index in [1.165, 1.54) is 23.7 Å². The Kier molecular flexibility index (Phi) is 5.53. The number of nitro groups is 1. The van der Waals surface area contributed by atoms with Crippen molar-refractivity contribution in [3.63, 3.8) is 0 Å². The number of hydrogen-bond donors (Lipinski definition) is 0. The number of rotatable bonds is 6. The van der Waals surface area contributed by atoms with Gasteiger partial charge in [0.2, 0.25) is 0 Å². The largest absolute Gasteiger partial charge is 0.358 e. The molecule has 0 fully saturated rings. The number of carbonyl (C=O) groups excluding carboxylic acids is 1. The van der Waals surface area contributed by atoms with E-state index in [4.69, 9.17) is 0 Å². The zero-order chi connectivity index (χ0) is 14.6. The van der Waals surface area contributed by atoms with Crippen molar-refractivity contribution in [1.29, 1.82) is 0 Å². The molecular formula is C12H18BrN3O3. The Morgan fingerprint density at radius 1 is 1.53 bits per heavy atom. The van der Waals surface area contributed by atoms with Crippen LogP contribution in [0, 0.1) is 10.1 Å². The van der Waals surface area contributed by atoms with Gasteiger partial charge in [-0.1, -0.05) is 15.9 Å². The molecule has 1 aromatic rings. The van der Waals surface area contributed by atoms with Gasteiger partial charge in [0.05, 0.1) is 7.05 Å². The fourth-order valence-corrected chi connectivity index (χ4v) is 2.12. The first-order chi connectivity index (χ1) is 8.90. The fourth-order valence-electron chi connectivity index (χ4n) is 1.87. The summed E-state index contributed by atoms with van der Waals surface area (Å²) >= 11 is 3.34. The van der Waals surface area contributed by atoms with Crippen LogP contribution in [0.2, 0.25) is 0 Å². The van der Waals surface area contributed by atoms with Crippen LogP contribution in [0.4, 0.5) is 5.82 Å². The topological polar surface area (TPSA) is 68.4 Å². The number of nitrogens with zero attached hydrogens (tertiary/aromatic N) is 3. The van der Waals surface area contributed by atoms with Crippen LogP contribution in [0.1, 0.15) is 30.8 Å². The van der Waals surface area contributed by atoms with E-state index >= 15 is 0 Å². The minimum absolute atomic E-state index is 0.0560. The third-order valence-corrected chi connectivity index (χ3v) is 3.48. The lowest BCUT2D eigenvalue weighted by Crippen LogP contribution is -2.38. The summed E-state index contributed by atoms with van der Waals surface area (Å²) in [6, 6.07) is 2.92. The van der Waals surface area contributed by atoms with Crippen molar-refractivity contribution in [2.45, 2.75) is 26.3 Å². The van der Waals surface area contributed by atoms with Gasteiger partial charge < -0.3 is 15.0 Å². The zero-order valence-corrected chi connectivity index (χ0v) is 12.9. The number of alkyl halides is 1. The van der Waals surface area contributed by atoms with Gasteiger partial charge in [0.25, 0.3) is 5.91 Å². The standard InChI is InChI=1S/C12H18BrN3O3/c1-9(2)15(8-4-7-13)12(17)10-5-6-11(14(10)3)16(18)19/h5-6,9H,4,7-8H2,1-3H3. The third-order valence-electron chi connectivity index (χ3n) is 2.92. The molecule has 0 spiro atoms. The minimum Gasteiger partial charge on any atom is -0.358 e. The Bertz CT molecular complexity index is 471. The molecular weight excluding hydrogens is 314 g/mol. The summed E-state index contributed by atoms with van der Waals surface area (Å²) in [5, 5.41) is 11.6. The van der Waals surface area contributed by atoms with Gasteiger partial charge in [0.15, 0.2) is 5.69 Å². The van der Waals surface area contributed by atoms with Gasteiger partial charge in [-0.2, -0.15) is 0 Å². The molecule has 0 saturated heterocycles. The van der Waals surface area contributed by atoms with Crippen LogP contribution >= 0.6 is 15.9 Å². The van der Waals surface area contributed by atoms with E-state index < -0.39 is 4.92 Å². The lowest BCUT2D eigenvalue weighted by molar-refractivity contribution is -0.391. The lowest BCUT2D eigenvalue weighted by Gasteiger charge is -2.25. The maximum atomic E-state index is 12.4. The Labute approximate surface area is 120 Å². The van der Waals surface area contributed by atoms with Crippen molar-refractivity contribution in [3.05, 3.63) is 27.9 Å². The molecule has 0 aliphatic carbocycles. The molecule has 0 aromatic carbocycles. The average Bonchev–Trinajstić information content (AvgIpc) is 2.71.